The van der Waals surface area contributed by atoms with Crippen LogP contribution in [0.15, 0.2) is 71.6 Å². The second kappa shape index (κ2) is 7.59. The maximum Gasteiger partial charge on any atom is 0.256 e. The molecule has 0 saturated heterocycles. The van der Waals surface area contributed by atoms with Crippen LogP contribution in [0.4, 0.5) is 5.69 Å². The van der Waals surface area contributed by atoms with Gasteiger partial charge in [0, 0.05) is 17.3 Å². The molecule has 0 aliphatic carbocycles. The fraction of sp³-hybridized carbons (Fsp3) is 0.0476. The summed E-state index contributed by atoms with van der Waals surface area (Å²) in [5.41, 5.74) is 2.18. The van der Waals surface area contributed by atoms with Crippen LogP contribution < -0.4 is 5.32 Å². The zero-order valence-corrected chi connectivity index (χ0v) is 17.6. The van der Waals surface area contributed by atoms with Gasteiger partial charge in [0.05, 0.1) is 30.9 Å². The van der Waals surface area contributed by atoms with Gasteiger partial charge in [-0.25, -0.2) is 13.4 Å². The summed E-state index contributed by atoms with van der Waals surface area (Å²) in [5, 5.41) is 3.50. The number of anilines is 1. The first kappa shape index (κ1) is 19.6. The average molecular weight is 443 g/mol. The predicted molar refractivity (Wildman–Crippen MR) is 118 cm³/mol. The molecule has 0 atom stereocenters. The Morgan fingerprint density at radius 1 is 1.03 bits per heavy atom. The molecule has 0 spiro atoms. The number of nitrogens with one attached hydrogen (secondary N) is 1. The van der Waals surface area contributed by atoms with Gasteiger partial charge in [-0.15, -0.1) is 11.3 Å². The van der Waals surface area contributed by atoms with Crippen LogP contribution in [0.2, 0.25) is 4.34 Å². The lowest BCUT2D eigenvalue weighted by Crippen LogP contribution is -2.13. The number of carbonyl (C=O) groups is 1. The Labute approximate surface area is 176 Å². The first-order valence-electron chi connectivity index (χ1n) is 8.58. The minimum absolute atomic E-state index is 0.142. The van der Waals surface area contributed by atoms with Crippen LogP contribution in [0.3, 0.4) is 0 Å². The van der Waals surface area contributed by atoms with Crippen LogP contribution in [0, 0.1) is 0 Å². The van der Waals surface area contributed by atoms with Gasteiger partial charge in [-0.05, 0) is 42.5 Å². The van der Waals surface area contributed by atoms with E-state index in [1.807, 2.05) is 30.3 Å². The number of para-hydroxylation sites is 1. The van der Waals surface area contributed by atoms with Gasteiger partial charge < -0.3 is 5.32 Å². The lowest BCUT2D eigenvalue weighted by molar-refractivity contribution is 0.102. The van der Waals surface area contributed by atoms with E-state index in [1.54, 1.807) is 24.3 Å². The van der Waals surface area contributed by atoms with Crippen molar-refractivity contribution in [1.82, 2.24) is 4.98 Å². The summed E-state index contributed by atoms with van der Waals surface area (Å²) in [6.45, 7) is 0. The number of hydrogen-bond donors (Lipinski definition) is 1. The molecular weight excluding hydrogens is 428 g/mol. The molecule has 8 heteroatoms. The van der Waals surface area contributed by atoms with Crippen molar-refractivity contribution in [2.45, 2.75) is 4.90 Å². The monoisotopic (exact) mass is 442 g/mol. The molecule has 4 rings (SSSR count). The lowest BCUT2D eigenvalue weighted by Gasteiger charge is -2.10. The third-order valence-corrected chi connectivity index (χ3v) is 6.67. The summed E-state index contributed by atoms with van der Waals surface area (Å²) < 4.78 is 24.2. The van der Waals surface area contributed by atoms with Crippen molar-refractivity contribution >= 4 is 55.3 Å². The van der Waals surface area contributed by atoms with Crippen molar-refractivity contribution in [2.24, 2.45) is 0 Å². The molecule has 5 nitrogen and oxygen atoms in total. The first-order chi connectivity index (χ1) is 13.8. The number of amides is 1. The normalized spacial score (nSPS) is 11.5. The topological polar surface area (TPSA) is 76.1 Å². The van der Waals surface area contributed by atoms with Gasteiger partial charge in [-0.1, -0.05) is 35.9 Å². The van der Waals surface area contributed by atoms with Crippen molar-refractivity contribution in [3.8, 4) is 10.6 Å². The van der Waals surface area contributed by atoms with Crippen molar-refractivity contribution < 1.29 is 13.2 Å². The lowest BCUT2D eigenvalue weighted by atomic mass is 10.1. The Balaban J connectivity index is 1.77. The molecule has 1 amide bonds. The van der Waals surface area contributed by atoms with E-state index >= 15 is 0 Å². The quantitative estimate of drug-likeness (QED) is 0.467. The highest BCUT2D eigenvalue weighted by Gasteiger charge is 2.16. The van der Waals surface area contributed by atoms with E-state index < -0.39 is 9.84 Å². The average Bonchev–Trinajstić information content (AvgIpc) is 3.13. The molecule has 29 heavy (non-hydrogen) atoms. The molecule has 0 aliphatic heterocycles. The summed E-state index contributed by atoms with van der Waals surface area (Å²) >= 11 is 7.44. The van der Waals surface area contributed by atoms with Crippen LogP contribution in [0.25, 0.3) is 21.5 Å². The van der Waals surface area contributed by atoms with Crippen LogP contribution in [-0.4, -0.2) is 25.6 Å². The zero-order valence-electron chi connectivity index (χ0n) is 15.2. The molecule has 2 aromatic carbocycles. The van der Waals surface area contributed by atoms with Crippen molar-refractivity contribution in [2.75, 3.05) is 11.6 Å². The highest BCUT2D eigenvalue weighted by atomic mass is 35.5. The first-order valence-corrected chi connectivity index (χ1v) is 11.7. The zero-order chi connectivity index (χ0) is 20.6. The number of thiophene rings is 1. The number of rotatable bonds is 4. The minimum atomic E-state index is -3.37. The smallest absolute Gasteiger partial charge is 0.256 e. The van der Waals surface area contributed by atoms with Gasteiger partial charge >= 0.3 is 0 Å². The Morgan fingerprint density at radius 3 is 2.55 bits per heavy atom. The molecule has 0 fully saturated rings. The molecule has 0 saturated carbocycles. The predicted octanol–water partition coefficient (Wildman–Crippen LogP) is 5.27. The molecular formula is C21H15ClN2O3S2. The summed E-state index contributed by atoms with van der Waals surface area (Å²) in [6.07, 6.45) is 1.13. The molecule has 0 radical (unpaired) electrons. The Morgan fingerprint density at radius 2 is 1.83 bits per heavy atom. The third kappa shape index (κ3) is 4.17. The fourth-order valence-electron chi connectivity index (χ4n) is 2.94. The van der Waals surface area contributed by atoms with E-state index in [9.17, 15) is 13.2 Å². The second-order valence-electron chi connectivity index (χ2n) is 6.43. The maximum atomic E-state index is 13.1. The number of pyridine rings is 1. The minimum Gasteiger partial charge on any atom is -0.322 e. The van der Waals surface area contributed by atoms with Gasteiger partial charge in [0.15, 0.2) is 9.84 Å². The molecule has 0 aliphatic rings. The molecule has 1 N–H and O–H groups in total. The number of halogens is 1. The number of carbonyl (C=O) groups excluding carboxylic acids is 1. The number of aromatic nitrogens is 1. The third-order valence-electron chi connectivity index (χ3n) is 4.31. The van der Waals surface area contributed by atoms with Crippen LogP contribution in [-0.2, 0) is 9.84 Å². The number of benzene rings is 2. The number of hydrogen-bond acceptors (Lipinski definition) is 5. The molecule has 146 valence electrons. The van der Waals surface area contributed by atoms with Crippen molar-refractivity contribution in [1.29, 1.82) is 0 Å². The van der Waals surface area contributed by atoms with E-state index in [4.69, 9.17) is 11.6 Å². The standard InChI is InChI=1S/C21H15ClN2O3S2/c1-29(26,27)14-6-4-5-13(11-14)23-21(25)16-12-18(19-9-10-20(22)28-19)24-17-8-3-2-7-15(16)17/h2-12H,1H3,(H,23,25). The van der Waals surface area contributed by atoms with Gasteiger partial charge in [-0.2, -0.15) is 0 Å². The van der Waals surface area contributed by atoms with Gasteiger partial charge in [0.2, 0.25) is 0 Å². The Hall–Kier alpha value is -2.74. The number of sulfone groups is 1. The molecule has 0 bridgehead atoms. The molecule has 4 aromatic rings. The Kier molecular flexibility index (Phi) is 5.12. The second-order valence-corrected chi connectivity index (χ2v) is 10.2. The number of fused-ring (bicyclic) bond motifs is 1. The van der Waals surface area contributed by atoms with E-state index in [-0.39, 0.29) is 10.8 Å². The highest BCUT2D eigenvalue weighted by molar-refractivity contribution is 7.90. The van der Waals surface area contributed by atoms with E-state index in [1.165, 1.54) is 23.5 Å². The fourth-order valence-corrected chi connectivity index (χ4v) is 4.61. The summed E-state index contributed by atoms with van der Waals surface area (Å²) in [5.74, 6) is -0.349. The van der Waals surface area contributed by atoms with E-state index in [2.05, 4.69) is 10.3 Å². The van der Waals surface area contributed by atoms with Gasteiger partial charge in [-0.3, -0.25) is 4.79 Å². The van der Waals surface area contributed by atoms with Gasteiger partial charge in [0.1, 0.15) is 0 Å². The van der Waals surface area contributed by atoms with Crippen molar-refractivity contribution in [3.63, 3.8) is 0 Å². The summed E-state index contributed by atoms with van der Waals surface area (Å²) in [4.78, 5) is 18.7. The van der Waals surface area contributed by atoms with Crippen LogP contribution in [0.1, 0.15) is 10.4 Å². The Bertz CT molecular complexity index is 1350. The molecule has 0 unspecified atom stereocenters. The molecule has 2 aromatic heterocycles. The largest absolute Gasteiger partial charge is 0.322 e. The van der Waals surface area contributed by atoms with Crippen LogP contribution >= 0.6 is 22.9 Å². The van der Waals surface area contributed by atoms with E-state index in [0.717, 1.165) is 11.1 Å². The van der Waals surface area contributed by atoms with Crippen LogP contribution in [0.5, 0.6) is 0 Å². The maximum absolute atomic E-state index is 13.1. The number of nitrogens with zero attached hydrogens (tertiary/aromatic N) is 1. The summed E-state index contributed by atoms with van der Waals surface area (Å²) in [6, 6.07) is 18.9. The van der Waals surface area contributed by atoms with E-state index in [0.29, 0.717) is 32.2 Å². The SMILES string of the molecule is CS(=O)(=O)c1cccc(NC(=O)c2cc(-c3ccc(Cl)s3)nc3ccccc23)c1. The molecule has 2 heterocycles. The van der Waals surface area contributed by atoms with Crippen molar-refractivity contribution in [3.05, 3.63) is 76.6 Å². The summed E-state index contributed by atoms with van der Waals surface area (Å²) in [7, 11) is -3.37. The van der Waals surface area contributed by atoms with Gasteiger partial charge in [0.25, 0.3) is 5.91 Å². The highest BCUT2D eigenvalue weighted by Crippen LogP contribution is 2.32.